The van der Waals surface area contributed by atoms with Crippen molar-refractivity contribution in [3.8, 4) is 0 Å². The molecule has 1 aromatic heterocycles. The van der Waals surface area contributed by atoms with Crippen LogP contribution >= 0.6 is 11.8 Å². The Labute approximate surface area is 202 Å². The summed E-state index contributed by atoms with van der Waals surface area (Å²) in [5.74, 6) is 1.92. The number of amides is 1. The minimum Gasteiger partial charge on any atom is -0.354 e. The van der Waals surface area contributed by atoms with Crippen molar-refractivity contribution in [3.05, 3.63) is 47.2 Å². The number of hydrogen-bond acceptors (Lipinski definition) is 7. The average Bonchev–Trinajstić information content (AvgIpc) is 2.87. The molecule has 33 heavy (non-hydrogen) atoms. The average molecular weight is 469 g/mol. The van der Waals surface area contributed by atoms with Crippen LogP contribution in [0.15, 0.2) is 35.5 Å². The Bertz CT molecular complexity index is 938. The van der Waals surface area contributed by atoms with E-state index in [1.54, 1.807) is 11.8 Å². The first kappa shape index (κ1) is 24.0. The summed E-state index contributed by atoms with van der Waals surface area (Å²) in [6.07, 6.45) is 0.896. The Morgan fingerprint density at radius 2 is 1.73 bits per heavy atom. The lowest BCUT2D eigenvalue weighted by Crippen LogP contribution is -2.47. The van der Waals surface area contributed by atoms with E-state index >= 15 is 0 Å². The van der Waals surface area contributed by atoms with E-state index in [0.29, 0.717) is 0 Å². The Kier molecular flexibility index (Phi) is 8.22. The molecule has 0 aliphatic carbocycles. The molecule has 2 aliphatic rings. The zero-order valence-corrected chi connectivity index (χ0v) is 21.0. The van der Waals surface area contributed by atoms with Crippen LogP contribution < -0.4 is 4.90 Å². The molecule has 2 aromatic rings. The van der Waals surface area contributed by atoms with Gasteiger partial charge in [-0.1, -0.05) is 37.7 Å². The number of benzene rings is 1. The highest BCUT2D eigenvalue weighted by Crippen LogP contribution is 2.24. The van der Waals surface area contributed by atoms with Crippen molar-refractivity contribution in [1.29, 1.82) is 0 Å². The van der Waals surface area contributed by atoms with Gasteiger partial charge in [-0.15, -0.1) is 0 Å². The van der Waals surface area contributed by atoms with E-state index in [1.165, 1.54) is 0 Å². The molecule has 2 saturated heterocycles. The van der Waals surface area contributed by atoms with Crippen molar-refractivity contribution in [1.82, 2.24) is 24.7 Å². The molecule has 178 valence electrons. The molecule has 0 saturated carbocycles. The number of hydrogen-bond donors (Lipinski definition) is 0. The van der Waals surface area contributed by atoms with Crippen LogP contribution in [0.2, 0.25) is 0 Å². The SMILES string of the molecule is CCc1cc(N2CCN(CC)CC2)nc(SCc2cccc(C(=O)N3CCN(C)CC3)c2)n1. The molecule has 2 fully saturated rings. The molecule has 4 rings (SSSR count). The quantitative estimate of drug-likeness (QED) is 0.457. The van der Waals surface area contributed by atoms with E-state index in [2.05, 4.69) is 47.7 Å². The lowest BCUT2D eigenvalue weighted by molar-refractivity contribution is 0.0664. The van der Waals surface area contributed by atoms with Crippen molar-refractivity contribution in [2.45, 2.75) is 31.2 Å². The Balaban J connectivity index is 1.41. The molecule has 0 bridgehead atoms. The van der Waals surface area contributed by atoms with Gasteiger partial charge < -0.3 is 19.6 Å². The van der Waals surface area contributed by atoms with Gasteiger partial charge in [-0.3, -0.25) is 4.79 Å². The number of anilines is 1. The monoisotopic (exact) mass is 468 g/mol. The topological polar surface area (TPSA) is 55.8 Å². The maximum absolute atomic E-state index is 12.9. The van der Waals surface area contributed by atoms with Gasteiger partial charge in [-0.25, -0.2) is 9.97 Å². The van der Waals surface area contributed by atoms with Crippen LogP contribution in [0.25, 0.3) is 0 Å². The zero-order chi connectivity index (χ0) is 23.2. The molecule has 0 spiro atoms. The molecule has 0 radical (unpaired) electrons. The first-order valence-electron chi connectivity index (χ1n) is 12.1. The molecule has 7 nitrogen and oxygen atoms in total. The van der Waals surface area contributed by atoms with Crippen LogP contribution in [-0.4, -0.2) is 96.5 Å². The van der Waals surface area contributed by atoms with Gasteiger partial charge in [0.2, 0.25) is 0 Å². The van der Waals surface area contributed by atoms with Crippen molar-refractivity contribution in [2.75, 3.05) is 70.9 Å². The van der Waals surface area contributed by atoms with E-state index < -0.39 is 0 Å². The van der Waals surface area contributed by atoms with E-state index in [9.17, 15) is 4.79 Å². The largest absolute Gasteiger partial charge is 0.354 e. The molecule has 1 aromatic carbocycles. The second-order valence-corrected chi connectivity index (χ2v) is 9.80. The highest BCUT2D eigenvalue weighted by molar-refractivity contribution is 7.98. The van der Waals surface area contributed by atoms with Crippen LogP contribution in [0.1, 0.15) is 35.5 Å². The summed E-state index contributed by atoms with van der Waals surface area (Å²) in [4.78, 5) is 31.7. The molecule has 8 heteroatoms. The van der Waals surface area contributed by atoms with Gasteiger partial charge in [-0.2, -0.15) is 0 Å². The molecule has 2 aliphatic heterocycles. The van der Waals surface area contributed by atoms with Gasteiger partial charge >= 0.3 is 0 Å². The molecule has 3 heterocycles. The number of aromatic nitrogens is 2. The maximum atomic E-state index is 12.9. The van der Waals surface area contributed by atoms with Crippen molar-refractivity contribution in [3.63, 3.8) is 0 Å². The van der Waals surface area contributed by atoms with E-state index in [-0.39, 0.29) is 5.91 Å². The third-order valence-electron chi connectivity index (χ3n) is 6.58. The fourth-order valence-corrected chi connectivity index (χ4v) is 5.11. The summed E-state index contributed by atoms with van der Waals surface area (Å²) in [5, 5.41) is 0.818. The lowest BCUT2D eigenvalue weighted by Gasteiger charge is -2.34. The predicted octanol–water partition coefficient (Wildman–Crippen LogP) is 2.86. The van der Waals surface area contributed by atoms with Gasteiger partial charge in [0, 0.05) is 75.4 Å². The number of nitrogens with zero attached hydrogens (tertiary/aromatic N) is 6. The smallest absolute Gasteiger partial charge is 0.253 e. The summed E-state index contributed by atoms with van der Waals surface area (Å²) in [7, 11) is 2.10. The van der Waals surface area contributed by atoms with Gasteiger partial charge in [0.1, 0.15) is 5.82 Å². The Morgan fingerprint density at radius 3 is 2.42 bits per heavy atom. The summed E-state index contributed by atoms with van der Waals surface area (Å²) in [6.45, 7) is 13.1. The van der Waals surface area contributed by atoms with Crippen molar-refractivity contribution < 1.29 is 4.79 Å². The highest BCUT2D eigenvalue weighted by atomic mass is 32.2. The number of thioether (sulfide) groups is 1. The third kappa shape index (κ3) is 6.25. The number of rotatable bonds is 7. The molecule has 1 amide bonds. The normalized spacial score (nSPS) is 18.0. The molecule has 0 atom stereocenters. The van der Waals surface area contributed by atoms with E-state index in [0.717, 1.165) is 98.9 Å². The fraction of sp³-hybridized carbons (Fsp3) is 0.560. The first-order valence-corrected chi connectivity index (χ1v) is 13.1. The van der Waals surface area contributed by atoms with Gasteiger partial charge in [0.15, 0.2) is 5.16 Å². The highest BCUT2D eigenvalue weighted by Gasteiger charge is 2.21. The minimum atomic E-state index is 0.132. The van der Waals surface area contributed by atoms with Gasteiger partial charge in [0.25, 0.3) is 5.91 Å². The van der Waals surface area contributed by atoms with Crippen LogP contribution in [0.5, 0.6) is 0 Å². The summed E-state index contributed by atoms with van der Waals surface area (Å²) in [6, 6.07) is 10.2. The number of likely N-dealkylation sites (N-methyl/N-ethyl adjacent to an activating group) is 2. The summed E-state index contributed by atoms with van der Waals surface area (Å²) in [5.41, 5.74) is 2.98. The van der Waals surface area contributed by atoms with E-state index in [1.807, 2.05) is 23.1 Å². The Hall–Kier alpha value is -2.16. The number of carbonyl (C=O) groups excluding carboxylic acids is 1. The van der Waals surface area contributed by atoms with Gasteiger partial charge in [-0.05, 0) is 37.7 Å². The first-order chi connectivity index (χ1) is 16.1. The van der Waals surface area contributed by atoms with Crippen LogP contribution in [0.4, 0.5) is 5.82 Å². The molecular formula is C25H36N6OS. The van der Waals surface area contributed by atoms with Crippen LogP contribution in [-0.2, 0) is 12.2 Å². The van der Waals surface area contributed by atoms with Crippen LogP contribution in [0, 0.1) is 0 Å². The fourth-order valence-electron chi connectivity index (χ4n) is 4.29. The third-order valence-corrected chi connectivity index (χ3v) is 7.50. The predicted molar refractivity (Wildman–Crippen MR) is 135 cm³/mol. The molecule has 0 N–H and O–H groups in total. The molecule has 0 unspecified atom stereocenters. The summed E-state index contributed by atoms with van der Waals surface area (Å²) < 4.78 is 0. The summed E-state index contributed by atoms with van der Waals surface area (Å²) >= 11 is 1.65. The van der Waals surface area contributed by atoms with Gasteiger partial charge in [0.05, 0.1) is 0 Å². The standard InChI is InChI=1S/C25H36N6OS/c1-4-22-18-23(30-15-11-29(5-2)12-16-30)27-25(26-22)33-19-20-7-6-8-21(17-20)24(32)31-13-9-28(3)10-14-31/h6-8,17-18H,4-5,9-16,19H2,1-3H3. The lowest BCUT2D eigenvalue weighted by atomic mass is 10.1. The Morgan fingerprint density at radius 1 is 0.970 bits per heavy atom. The number of piperazine rings is 2. The van der Waals surface area contributed by atoms with Crippen molar-refractivity contribution in [2.24, 2.45) is 0 Å². The van der Waals surface area contributed by atoms with E-state index in [4.69, 9.17) is 9.97 Å². The second kappa shape index (κ2) is 11.3. The van der Waals surface area contributed by atoms with Crippen molar-refractivity contribution >= 4 is 23.5 Å². The maximum Gasteiger partial charge on any atom is 0.253 e. The number of aryl methyl sites for hydroxylation is 1. The second-order valence-electron chi connectivity index (χ2n) is 8.86. The van der Waals surface area contributed by atoms with Crippen LogP contribution in [0.3, 0.4) is 0 Å². The zero-order valence-electron chi connectivity index (χ0n) is 20.2. The molecular weight excluding hydrogens is 432 g/mol. The number of carbonyl (C=O) groups is 1. The minimum absolute atomic E-state index is 0.132.